The molecule has 218 valence electrons. The number of aryl methyl sites for hydroxylation is 1. The van der Waals surface area contributed by atoms with Gasteiger partial charge in [0.25, 0.3) is 0 Å². The number of hydrogen-bond acceptors (Lipinski definition) is 10. The van der Waals surface area contributed by atoms with Crippen LogP contribution >= 0.6 is 0 Å². The van der Waals surface area contributed by atoms with Crippen LogP contribution in [0.5, 0.6) is 28.7 Å². The Labute approximate surface area is 241 Å². The average molecular weight is 563 g/mol. The minimum Gasteiger partial charge on any atom is -0.493 e. The van der Waals surface area contributed by atoms with Crippen LogP contribution in [0, 0.1) is 25.2 Å². The SMILES string of the molecule is C=CCOc1c(C)c2c(c3c1CC1[C@H]4c5c(cc(C)c(OC)c5OCOC)C[C@@H]([C@H](C#N)N1[C@H]3CN)N4C)OCO2. The normalized spacial score (nSPS) is 25.9. The molecule has 0 radical (unpaired) electrons. The third kappa shape index (κ3) is 3.98. The van der Waals surface area contributed by atoms with Gasteiger partial charge in [0.1, 0.15) is 18.4 Å². The number of piperazine rings is 1. The molecule has 0 spiro atoms. The van der Waals surface area contributed by atoms with Crippen molar-refractivity contribution >= 4 is 0 Å². The third-order valence-electron chi connectivity index (χ3n) is 9.14. The van der Waals surface area contributed by atoms with E-state index in [-0.39, 0.29) is 37.8 Å². The Morgan fingerprint density at radius 2 is 1.88 bits per heavy atom. The molecule has 0 amide bonds. The molecule has 1 fully saturated rings. The highest BCUT2D eigenvalue weighted by Crippen LogP contribution is 2.58. The van der Waals surface area contributed by atoms with Gasteiger partial charge in [0.05, 0.1) is 25.3 Å². The maximum absolute atomic E-state index is 10.7. The Morgan fingerprint density at radius 1 is 1.10 bits per heavy atom. The number of nitrogens with zero attached hydrogens (tertiary/aromatic N) is 3. The van der Waals surface area contributed by atoms with Crippen LogP contribution in [0.1, 0.15) is 45.5 Å². The van der Waals surface area contributed by atoms with Crippen LogP contribution in [-0.2, 0) is 17.6 Å². The smallest absolute Gasteiger partial charge is 0.231 e. The second kappa shape index (κ2) is 10.7. The summed E-state index contributed by atoms with van der Waals surface area (Å²) < 4.78 is 35.8. The van der Waals surface area contributed by atoms with Gasteiger partial charge in [-0.15, -0.1) is 0 Å². The first-order valence-electron chi connectivity index (χ1n) is 14.0. The average Bonchev–Trinajstić information content (AvgIpc) is 3.46. The van der Waals surface area contributed by atoms with E-state index in [4.69, 9.17) is 34.2 Å². The Morgan fingerprint density at radius 3 is 2.56 bits per heavy atom. The Balaban J connectivity index is 1.60. The summed E-state index contributed by atoms with van der Waals surface area (Å²) >= 11 is 0. The van der Waals surface area contributed by atoms with Gasteiger partial charge in [0.15, 0.2) is 29.8 Å². The molecular formula is C31H38N4O6. The van der Waals surface area contributed by atoms with Gasteiger partial charge in [-0.1, -0.05) is 18.7 Å². The molecule has 0 saturated carbocycles. The van der Waals surface area contributed by atoms with Crippen LogP contribution in [0.25, 0.3) is 0 Å². The summed E-state index contributed by atoms with van der Waals surface area (Å²) in [4.78, 5) is 4.66. The molecule has 2 aromatic rings. The number of nitriles is 1. The zero-order valence-corrected chi connectivity index (χ0v) is 24.4. The lowest BCUT2D eigenvalue weighted by molar-refractivity contribution is -0.0719. The number of methoxy groups -OCH3 is 2. The molecule has 0 aromatic heterocycles. The molecule has 10 nitrogen and oxygen atoms in total. The summed E-state index contributed by atoms with van der Waals surface area (Å²) in [5.41, 5.74) is 12.7. The maximum Gasteiger partial charge on any atom is 0.231 e. The quantitative estimate of drug-likeness (QED) is 0.380. The van der Waals surface area contributed by atoms with E-state index < -0.39 is 6.04 Å². The number of benzene rings is 2. The number of ether oxygens (including phenoxy) is 6. The van der Waals surface area contributed by atoms with E-state index in [0.29, 0.717) is 49.0 Å². The molecule has 5 atom stereocenters. The molecule has 4 aliphatic heterocycles. The first kappa shape index (κ1) is 27.7. The highest BCUT2D eigenvalue weighted by atomic mass is 16.7. The second-order valence-corrected chi connectivity index (χ2v) is 11.1. The van der Waals surface area contributed by atoms with Crippen molar-refractivity contribution in [3.63, 3.8) is 0 Å². The lowest BCUT2D eigenvalue weighted by Crippen LogP contribution is -2.68. The Kier molecular flexibility index (Phi) is 7.24. The van der Waals surface area contributed by atoms with Gasteiger partial charge in [-0.2, -0.15) is 5.26 Å². The predicted molar refractivity (Wildman–Crippen MR) is 152 cm³/mol. The zero-order valence-electron chi connectivity index (χ0n) is 24.4. The van der Waals surface area contributed by atoms with Gasteiger partial charge >= 0.3 is 0 Å². The molecule has 2 bridgehead atoms. The van der Waals surface area contributed by atoms with Gasteiger partial charge in [-0.05, 0) is 44.9 Å². The number of nitrogens with two attached hydrogens (primary N) is 1. The topological polar surface area (TPSA) is 112 Å². The van der Waals surface area contributed by atoms with E-state index in [1.807, 2.05) is 13.8 Å². The van der Waals surface area contributed by atoms with E-state index in [0.717, 1.165) is 33.6 Å². The highest BCUT2D eigenvalue weighted by Gasteiger charge is 2.56. The molecule has 4 heterocycles. The fraction of sp³-hybridized carbons (Fsp3) is 0.516. The van der Waals surface area contributed by atoms with E-state index in [9.17, 15) is 5.26 Å². The summed E-state index contributed by atoms with van der Waals surface area (Å²) in [6.07, 6.45) is 3.05. The molecule has 1 unspecified atom stereocenters. The summed E-state index contributed by atoms with van der Waals surface area (Å²) in [7, 11) is 5.38. The van der Waals surface area contributed by atoms with Crippen molar-refractivity contribution in [2.75, 3.05) is 48.0 Å². The summed E-state index contributed by atoms with van der Waals surface area (Å²) in [5, 5.41) is 10.7. The third-order valence-corrected chi connectivity index (χ3v) is 9.14. The fourth-order valence-electron chi connectivity index (χ4n) is 7.64. The number of fused-ring (bicyclic) bond motifs is 9. The number of hydrogen-bond donors (Lipinski definition) is 1. The molecule has 10 heteroatoms. The van der Waals surface area contributed by atoms with Gasteiger partial charge in [0.2, 0.25) is 6.79 Å². The zero-order chi connectivity index (χ0) is 29.0. The van der Waals surface area contributed by atoms with Gasteiger partial charge in [0, 0.05) is 48.0 Å². The molecule has 1 saturated heterocycles. The highest BCUT2D eigenvalue weighted by molar-refractivity contribution is 5.66. The lowest BCUT2D eigenvalue weighted by atomic mass is 9.71. The van der Waals surface area contributed by atoms with E-state index in [1.54, 1.807) is 20.3 Å². The van der Waals surface area contributed by atoms with Crippen LogP contribution in [0.3, 0.4) is 0 Å². The molecule has 0 aliphatic carbocycles. The van der Waals surface area contributed by atoms with Crippen molar-refractivity contribution in [1.82, 2.24) is 9.80 Å². The molecule has 2 N–H and O–H groups in total. The van der Waals surface area contributed by atoms with Gasteiger partial charge in [-0.25, -0.2) is 0 Å². The minimum atomic E-state index is -0.390. The first-order chi connectivity index (χ1) is 19.9. The largest absolute Gasteiger partial charge is 0.493 e. The monoisotopic (exact) mass is 562 g/mol. The number of likely N-dealkylation sites (N-methyl/N-ethyl adjacent to an activating group) is 1. The van der Waals surface area contributed by atoms with Crippen molar-refractivity contribution in [1.29, 1.82) is 5.26 Å². The predicted octanol–water partition coefficient (Wildman–Crippen LogP) is 3.32. The van der Waals surface area contributed by atoms with Crippen LogP contribution in [0.4, 0.5) is 0 Å². The van der Waals surface area contributed by atoms with E-state index >= 15 is 0 Å². The first-order valence-corrected chi connectivity index (χ1v) is 14.0. The molecule has 2 aromatic carbocycles. The lowest BCUT2D eigenvalue weighted by Gasteiger charge is -2.60. The van der Waals surface area contributed by atoms with Gasteiger partial charge in [-0.3, -0.25) is 9.80 Å². The van der Waals surface area contributed by atoms with Crippen molar-refractivity contribution in [2.24, 2.45) is 5.73 Å². The van der Waals surface area contributed by atoms with Crippen molar-refractivity contribution in [2.45, 2.75) is 56.9 Å². The Hall–Kier alpha value is -3.49. The van der Waals surface area contributed by atoms with E-state index in [1.165, 1.54) is 5.56 Å². The summed E-state index contributed by atoms with van der Waals surface area (Å²) in [6.45, 7) is 8.77. The summed E-state index contributed by atoms with van der Waals surface area (Å²) in [5.74, 6) is 3.55. The van der Waals surface area contributed by atoms with Crippen LogP contribution in [0.15, 0.2) is 18.7 Å². The molecule has 6 rings (SSSR count). The Bertz CT molecular complexity index is 1420. The van der Waals surface area contributed by atoms with Crippen molar-refractivity contribution in [3.05, 3.63) is 52.1 Å². The summed E-state index contributed by atoms with van der Waals surface area (Å²) in [6, 6.07) is 3.94. The molecule has 41 heavy (non-hydrogen) atoms. The minimum absolute atomic E-state index is 0.0421. The molecular weight excluding hydrogens is 524 g/mol. The van der Waals surface area contributed by atoms with Crippen molar-refractivity contribution in [3.8, 4) is 34.8 Å². The van der Waals surface area contributed by atoms with E-state index in [2.05, 4.69) is 35.6 Å². The van der Waals surface area contributed by atoms with Crippen molar-refractivity contribution < 1.29 is 28.4 Å². The standard InChI is InChI=1S/C31H38N4O6/c1-7-8-38-28-17(3)29-31(41-15-40-29)25-19(28)11-21-26-24-18(9-16(2)27(37-6)30(24)39-14-36-5)10-20(34(26)4)22(12-32)35(21)23(25)13-33/h7,9,20-23,26H,1,8,10-11,13-15,33H2,2-6H3/t20-,21?,22-,23-,26-/m0/s1. The fourth-order valence-corrected chi connectivity index (χ4v) is 7.64. The van der Waals surface area contributed by atoms with Crippen LogP contribution in [-0.4, -0.2) is 75.9 Å². The van der Waals surface area contributed by atoms with Crippen LogP contribution in [0.2, 0.25) is 0 Å². The number of rotatable bonds is 8. The maximum atomic E-state index is 10.7. The second-order valence-electron chi connectivity index (χ2n) is 11.1. The van der Waals surface area contributed by atoms with Gasteiger partial charge < -0.3 is 34.2 Å². The van der Waals surface area contributed by atoms with Crippen LogP contribution < -0.4 is 29.4 Å². The molecule has 4 aliphatic rings.